The topological polar surface area (TPSA) is 80.3 Å². The predicted octanol–water partition coefficient (Wildman–Crippen LogP) is 4.39. The van der Waals surface area contributed by atoms with E-state index in [1.807, 2.05) is 41.5 Å². The van der Waals surface area contributed by atoms with Gasteiger partial charge in [-0.2, -0.15) is 0 Å². The molecule has 0 heterocycles. The fourth-order valence-electron chi connectivity index (χ4n) is 1.16. The van der Waals surface area contributed by atoms with E-state index in [2.05, 4.69) is 30.2 Å². The van der Waals surface area contributed by atoms with Crippen LogP contribution in [0.15, 0.2) is 0 Å². The van der Waals surface area contributed by atoms with Crippen molar-refractivity contribution in [3.63, 3.8) is 0 Å². The first-order valence-electron chi connectivity index (χ1n) is 8.62. The number of rotatable bonds is 6. The SMILES string of the molecule is CC(C)(C)COCOC(=O)C(C)(C)C.COC(=O)OCOCC(C)(C)C. The van der Waals surface area contributed by atoms with E-state index in [0.717, 1.165) is 0 Å². The van der Waals surface area contributed by atoms with Crippen LogP contribution in [0.3, 0.4) is 0 Å². The van der Waals surface area contributed by atoms with Crippen molar-refractivity contribution >= 4 is 12.1 Å². The average molecular weight is 379 g/mol. The van der Waals surface area contributed by atoms with Crippen LogP contribution in [0.4, 0.5) is 4.79 Å². The summed E-state index contributed by atoms with van der Waals surface area (Å²) in [5.41, 5.74) is -0.265. The second kappa shape index (κ2) is 12.1. The zero-order valence-electron chi connectivity index (χ0n) is 18.2. The number of ether oxygens (including phenoxy) is 5. The van der Waals surface area contributed by atoms with E-state index < -0.39 is 11.6 Å². The smallest absolute Gasteiger partial charge is 0.438 e. The van der Waals surface area contributed by atoms with Crippen LogP contribution in [0, 0.1) is 16.2 Å². The Balaban J connectivity index is 0. The third-order valence-corrected chi connectivity index (χ3v) is 2.38. The second-order valence-electron chi connectivity index (χ2n) is 9.33. The van der Waals surface area contributed by atoms with Gasteiger partial charge in [0.05, 0.1) is 25.7 Å². The van der Waals surface area contributed by atoms with Crippen molar-refractivity contribution < 1.29 is 33.3 Å². The highest BCUT2D eigenvalue weighted by Crippen LogP contribution is 2.16. The Bertz CT molecular complexity index is 398. The summed E-state index contributed by atoms with van der Waals surface area (Å²) < 4.78 is 24.0. The molecule has 0 unspecified atom stereocenters. The molecule has 0 fully saturated rings. The van der Waals surface area contributed by atoms with E-state index in [-0.39, 0.29) is 30.4 Å². The van der Waals surface area contributed by atoms with Gasteiger partial charge in [-0.15, -0.1) is 0 Å². The molecule has 0 N–H and O–H groups in total. The largest absolute Gasteiger partial charge is 0.510 e. The van der Waals surface area contributed by atoms with Gasteiger partial charge in [-0.05, 0) is 31.6 Å². The first-order valence-corrected chi connectivity index (χ1v) is 8.62. The van der Waals surface area contributed by atoms with E-state index in [4.69, 9.17) is 14.2 Å². The molecule has 156 valence electrons. The van der Waals surface area contributed by atoms with Gasteiger partial charge in [0.1, 0.15) is 0 Å². The quantitative estimate of drug-likeness (QED) is 0.385. The first-order chi connectivity index (χ1) is 11.6. The van der Waals surface area contributed by atoms with Crippen LogP contribution in [-0.4, -0.2) is 46.0 Å². The highest BCUT2D eigenvalue weighted by molar-refractivity contribution is 5.75. The van der Waals surface area contributed by atoms with E-state index in [1.165, 1.54) is 7.11 Å². The number of esters is 1. The van der Waals surface area contributed by atoms with Gasteiger partial charge < -0.3 is 23.7 Å². The minimum absolute atomic E-state index is 0.0490. The predicted molar refractivity (Wildman–Crippen MR) is 99.6 cm³/mol. The number of carbonyl (C=O) groups excluding carboxylic acids is 2. The molecule has 0 atom stereocenters. The van der Waals surface area contributed by atoms with Crippen LogP contribution in [0.5, 0.6) is 0 Å². The molecule has 7 heteroatoms. The number of hydrogen-bond acceptors (Lipinski definition) is 7. The summed E-state index contributed by atoms with van der Waals surface area (Å²) in [4.78, 5) is 21.7. The highest BCUT2D eigenvalue weighted by atomic mass is 16.8. The second-order valence-corrected chi connectivity index (χ2v) is 9.33. The Labute approximate surface area is 158 Å². The fraction of sp³-hybridized carbons (Fsp3) is 0.895. The van der Waals surface area contributed by atoms with E-state index in [9.17, 15) is 9.59 Å². The summed E-state index contributed by atoms with van der Waals surface area (Å²) in [6.07, 6.45) is -0.719. The van der Waals surface area contributed by atoms with Crippen LogP contribution < -0.4 is 0 Å². The molecular formula is C19H38O7. The van der Waals surface area contributed by atoms with E-state index in [1.54, 1.807) is 0 Å². The molecule has 0 rings (SSSR count). The van der Waals surface area contributed by atoms with Crippen molar-refractivity contribution in [1.29, 1.82) is 0 Å². The van der Waals surface area contributed by atoms with Crippen molar-refractivity contribution in [2.75, 3.05) is 33.9 Å². The van der Waals surface area contributed by atoms with Crippen molar-refractivity contribution in [3.8, 4) is 0 Å². The van der Waals surface area contributed by atoms with Crippen LogP contribution in [0.2, 0.25) is 0 Å². The monoisotopic (exact) mass is 378 g/mol. The van der Waals surface area contributed by atoms with Gasteiger partial charge in [0.2, 0.25) is 0 Å². The fourth-order valence-corrected chi connectivity index (χ4v) is 1.16. The van der Waals surface area contributed by atoms with Gasteiger partial charge in [0.15, 0.2) is 13.6 Å². The zero-order chi connectivity index (χ0) is 21.0. The molecule has 0 radical (unpaired) electrons. The van der Waals surface area contributed by atoms with Crippen molar-refractivity contribution in [2.45, 2.75) is 62.3 Å². The van der Waals surface area contributed by atoms with Gasteiger partial charge >= 0.3 is 12.1 Å². The van der Waals surface area contributed by atoms with Gasteiger partial charge in [-0.25, -0.2) is 4.79 Å². The molecule has 0 aliphatic rings. The summed E-state index contributed by atoms with van der Waals surface area (Å²) in [5, 5.41) is 0. The normalized spacial score (nSPS) is 11.9. The Morgan fingerprint density at radius 1 is 0.692 bits per heavy atom. The maximum Gasteiger partial charge on any atom is 0.510 e. The zero-order valence-corrected chi connectivity index (χ0v) is 18.2. The summed E-state index contributed by atoms with van der Waals surface area (Å²) in [6, 6.07) is 0. The minimum Gasteiger partial charge on any atom is -0.438 e. The van der Waals surface area contributed by atoms with Crippen molar-refractivity contribution in [3.05, 3.63) is 0 Å². The molecule has 26 heavy (non-hydrogen) atoms. The standard InChI is InChI=1S/C11H22O3.C8H16O4/c1-10(2,3)7-13-8-14-9(12)11(4,5)6;1-8(2,3)5-11-6-12-7(9)10-4/h7-8H2,1-6H3;5-6H2,1-4H3. The summed E-state index contributed by atoms with van der Waals surface area (Å²) >= 11 is 0. The molecule has 7 nitrogen and oxygen atoms in total. The summed E-state index contributed by atoms with van der Waals surface area (Å²) in [5.74, 6) is -0.230. The Morgan fingerprint density at radius 2 is 1.08 bits per heavy atom. The van der Waals surface area contributed by atoms with E-state index in [0.29, 0.717) is 13.2 Å². The van der Waals surface area contributed by atoms with Crippen LogP contribution in [0.25, 0.3) is 0 Å². The molecule has 0 saturated carbocycles. The van der Waals surface area contributed by atoms with Gasteiger partial charge in [0, 0.05) is 0 Å². The molecule has 0 aromatic rings. The van der Waals surface area contributed by atoms with Crippen LogP contribution in [-0.2, 0) is 28.5 Å². The third kappa shape index (κ3) is 20.7. The number of carbonyl (C=O) groups is 2. The Morgan fingerprint density at radius 3 is 1.38 bits per heavy atom. The lowest BCUT2D eigenvalue weighted by molar-refractivity contribution is -0.167. The highest BCUT2D eigenvalue weighted by Gasteiger charge is 2.23. The summed E-state index contributed by atoms with van der Waals surface area (Å²) in [7, 11) is 1.26. The van der Waals surface area contributed by atoms with Crippen LogP contribution >= 0.6 is 0 Å². The Hall–Kier alpha value is -1.34. The molecule has 0 aromatic heterocycles. The maximum absolute atomic E-state index is 11.3. The maximum atomic E-state index is 11.3. The minimum atomic E-state index is -0.719. The van der Waals surface area contributed by atoms with Crippen LogP contribution in [0.1, 0.15) is 62.3 Å². The molecule has 0 bridgehead atoms. The molecular weight excluding hydrogens is 340 g/mol. The van der Waals surface area contributed by atoms with Gasteiger partial charge in [-0.3, -0.25) is 4.79 Å². The van der Waals surface area contributed by atoms with E-state index >= 15 is 0 Å². The lowest BCUT2D eigenvalue weighted by atomic mass is 9.98. The lowest BCUT2D eigenvalue weighted by Gasteiger charge is -2.20. The average Bonchev–Trinajstić information content (AvgIpc) is 2.45. The summed E-state index contributed by atoms with van der Waals surface area (Å²) in [6.45, 7) is 18.9. The molecule has 0 spiro atoms. The van der Waals surface area contributed by atoms with Gasteiger partial charge in [0.25, 0.3) is 0 Å². The molecule has 0 aromatic carbocycles. The lowest BCUT2D eigenvalue weighted by Crippen LogP contribution is -2.25. The van der Waals surface area contributed by atoms with Crippen molar-refractivity contribution in [2.24, 2.45) is 16.2 Å². The third-order valence-electron chi connectivity index (χ3n) is 2.38. The van der Waals surface area contributed by atoms with Crippen molar-refractivity contribution in [1.82, 2.24) is 0 Å². The molecule has 0 aliphatic heterocycles. The molecule has 0 saturated heterocycles. The number of hydrogen-bond donors (Lipinski definition) is 0. The first kappa shape index (κ1) is 26.9. The van der Waals surface area contributed by atoms with Gasteiger partial charge in [-0.1, -0.05) is 41.5 Å². The molecule has 0 aliphatic carbocycles. The molecule has 0 amide bonds. The number of methoxy groups -OCH3 is 1. The Kier molecular flexibility index (Phi) is 12.5.